The standard InChI is InChI=1S/C8H8N2O2/c1-6-5-7(10(2)9-6)3-4-8(11)12/h5H,1-2H3,(H,11,12). The maximum Gasteiger partial charge on any atom is 0.382 e. The quantitative estimate of drug-likeness (QED) is 0.556. The fourth-order valence-electron chi connectivity index (χ4n) is 0.845. The van der Waals surface area contributed by atoms with E-state index in [4.69, 9.17) is 5.11 Å². The van der Waals surface area contributed by atoms with Crippen molar-refractivity contribution in [3.05, 3.63) is 17.5 Å². The molecule has 0 aromatic carbocycles. The molecular formula is C8H8N2O2. The topological polar surface area (TPSA) is 55.1 Å². The van der Waals surface area contributed by atoms with Crippen molar-refractivity contribution in [2.75, 3.05) is 0 Å². The molecule has 1 N–H and O–H groups in total. The number of hydrogen-bond donors (Lipinski definition) is 1. The Morgan fingerprint density at radius 1 is 1.75 bits per heavy atom. The Morgan fingerprint density at radius 3 is 2.83 bits per heavy atom. The van der Waals surface area contributed by atoms with Crippen LogP contribution in [0.3, 0.4) is 0 Å². The number of nitrogens with zero attached hydrogens (tertiary/aromatic N) is 2. The average Bonchev–Trinajstić information content (AvgIpc) is 2.26. The van der Waals surface area contributed by atoms with Gasteiger partial charge in [0.1, 0.15) is 5.69 Å². The van der Waals surface area contributed by atoms with Gasteiger partial charge < -0.3 is 5.11 Å². The highest BCUT2D eigenvalue weighted by Gasteiger charge is 1.97. The second-order valence-electron chi connectivity index (χ2n) is 2.35. The van der Waals surface area contributed by atoms with Gasteiger partial charge in [0.15, 0.2) is 0 Å². The minimum Gasteiger partial charge on any atom is -0.472 e. The minimum atomic E-state index is -1.13. The van der Waals surface area contributed by atoms with Gasteiger partial charge in [0.05, 0.1) is 5.69 Å². The summed E-state index contributed by atoms with van der Waals surface area (Å²) in [7, 11) is 1.72. The highest BCUT2D eigenvalue weighted by Crippen LogP contribution is 1.98. The monoisotopic (exact) mass is 164 g/mol. The van der Waals surface area contributed by atoms with Gasteiger partial charge in [-0.25, -0.2) is 4.79 Å². The molecule has 12 heavy (non-hydrogen) atoms. The summed E-state index contributed by atoms with van der Waals surface area (Å²) in [5.74, 6) is 3.38. The molecule has 0 aliphatic carbocycles. The lowest BCUT2D eigenvalue weighted by molar-refractivity contribution is -0.130. The Hall–Kier alpha value is -1.76. The third-order valence-electron chi connectivity index (χ3n) is 1.30. The summed E-state index contributed by atoms with van der Waals surface area (Å²) in [5, 5.41) is 12.3. The molecule has 0 fully saturated rings. The molecule has 0 amide bonds. The molecule has 0 aliphatic heterocycles. The van der Waals surface area contributed by atoms with E-state index >= 15 is 0 Å². The molecule has 4 heteroatoms. The zero-order valence-electron chi connectivity index (χ0n) is 6.83. The maximum absolute atomic E-state index is 10.1. The minimum absolute atomic E-state index is 0.606. The van der Waals surface area contributed by atoms with Crippen molar-refractivity contribution >= 4 is 5.97 Å². The number of carbonyl (C=O) groups is 1. The molecule has 0 bridgehead atoms. The smallest absolute Gasteiger partial charge is 0.382 e. The van der Waals surface area contributed by atoms with Gasteiger partial charge >= 0.3 is 5.97 Å². The molecule has 1 heterocycles. The van der Waals surface area contributed by atoms with E-state index in [9.17, 15) is 4.79 Å². The SMILES string of the molecule is Cc1cc(C#CC(=O)O)n(C)n1. The van der Waals surface area contributed by atoms with E-state index < -0.39 is 5.97 Å². The van der Waals surface area contributed by atoms with Crippen LogP contribution in [-0.4, -0.2) is 20.9 Å². The molecule has 1 aromatic heterocycles. The van der Waals surface area contributed by atoms with Crippen molar-refractivity contribution in [3.8, 4) is 11.8 Å². The van der Waals surface area contributed by atoms with Crippen LogP contribution in [0.15, 0.2) is 6.07 Å². The molecule has 0 saturated carbocycles. The Balaban J connectivity index is 2.98. The van der Waals surface area contributed by atoms with E-state index in [1.807, 2.05) is 12.8 Å². The molecule has 62 valence electrons. The lowest BCUT2D eigenvalue weighted by Crippen LogP contribution is -1.95. The van der Waals surface area contributed by atoms with Crippen molar-refractivity contribution in [2.45, 2.75) is 6.92 Å². The normalized spacial score (nSPS) is 8.83. The summed E-state index contributed by atoms with van der Waals surface area (Å²) < 4.78 is 1.55. The Bertz CT molecular complexity index is 368. The first-order valence-corrected chi connectivity index (χ1v) is 3.35. The number of hydrogen-bond acceptors (Lipinski definition) is 2. The van der Waals surface area contributed by atoms with E-state index in [1.54, 1.807) is 17.8 Å². The Morgan fingerprint density at radius 2 is 2.42 bits per heavy atom. The van der Waals surface area contributed by atoms with Gasteiger partial charge in [0.2, 0.25) is 0 Å². The zero-order chi connectivity index (χ0) is 9.14. The van der Waals surface area contributed by atoms with Gasteiger partial charge in [0, 0.05) is 13.0 Å². The predicted octanol–water partition coefficient (Wildman–Crippen LogP) is 0.165. The number of aromatic nitrogens is 2. The maximum atomic E-state index is 10.1. The first kappa shape index (κ1) is 8.34. The molecular weight excluding hydrogens is 156 g/mol. The first-order chi connectivity index (χ1) is 5.59. The van der Waals surface area contributed by atoms with Gasteiger partial charge in [-0.15, -0.1) is 0 Å². The van der Waals surface area contributed by atoms with Gasteiger partial charge in [-0.1, -0.05) is 0 Å². The molecule has 1 aromatic rings. The van der Waals surface area contributed by atoms with Crippen molar-refractivity contribution in [1.82, 2.24) is 9.78 Å². The van der Waals surface area contributed by atoms with Crippen LogP contribution < -0.4 is 0 Å². The molecule has 4 nitrogen and oxygen atoms in total. The van der Waals surface area contributed by atoms with E-state index in [1.165, 1.54) is 0 Å². The Kier molecular flexibility index (Phi) is 2.15. The van der Waals surface area contributed by atoms with Crippen molar-refractivity contribution in [1.29, 1.82) is 0 Å². The summed E-state index contributed by atoms with van der Waals surface area (Å²) in [6.45, 7) is 1.83. The largest absolute Gasteiger partial charge is 0.472 e. The van der Waals surface area contributed by atoms with Crippen LogP contribution in [0, 0.1) is 18.8 Å². The summed E-state index contributed by atoms with van der Waals surface area (Å²) in [6.07, 6.45) is 0. The summed E-state index contributed by atoms with van der Waals surface area (Å²) >= 11 is 0. The first-order valence-electron chi connectivity index (χ1n) is 3.35. The van der Waals surface area contributed by atoms with Crippen LogP contribution in [0.25, 0.3) is 0 Å². The van der Waals surface area contributed by atoms with Crippen molar-refractivity contribution in [3.63, 3.8) is 0 Å². The van der Waals surface area contributed by atoms with Crippen molar-refractivity contribution in [2.24, 2.45) is 7.05 Å². The molecule has 0 spiro atoms. The second-order valence-corrected chi connectivity index (χ2v) is 2.35. The molecule has 0 atom stereocenters. The fraction of sp³-hybridized carbons (Fsp3) is 0.250. The van der Waals surface area contributed by atoms with Gasteiger partial charge in [-0.2, -0.15) is 5.10 Å². The van der Waals surface area contributed by atoms with Gasteiger partial charge in [-0.3, -0.25) is 4.68 Å². The van der Waals surface area contributed by atoms with E-state index in [2.05, 4.69) is 11.0 Å². The zero-order valence-corrected chi connectivity index (χ0v) is 6.83. The molecule has 1 rings (SSSR count). The number of carboxylic acid groups (broad SMARTS) is 1. The summed E-state index contributed by atoms with van der Waals surface area (Å²) in [6, 6.07) is 1.73. The highest BCUT2D eigenvalue weighted by molar-refractivity contribution is 5.87. The molecule has 0 aliphatic rings. The lowest BCUT2D eigenvalue weighted by Gasteiger charge is -1.87. The number of aryl methyl sites for hydroxylation is 2. The fourth-order valence-corrected chi connectivity index (χ4v) is 0.845. The van der Waals surface area contributed by atoms with E-state index in [0.29, 0.717) is 5.69 Å². The van der Waals surface area contributed by atoms with E-state index in [-0.39, 0.29) is 0 Å². The van der Waals surface area contributed by atoms with Crippen LogP contribution in [0.4, 0.5) is 0 Å². The molecule has 0 saturated heterocycles. The number of carboxylic acids is 1. The second kappa shape index (κ2) is 3.09. The van der Waals surface area contributed by atoms with Gasteiger partial charge in [0.25, 0.3) is 0 Å². The Labute approximate surface area is 69.8 Å². The van der Waals surface area contributed by atoms with Crippen molar-refractivity contribution < 1.29 is 9.90 Å². The van der Waals surface area contributed by atoms with Gasteiger partial charge in [-0.05, 0) is 18.9 Å². The van der Waals surface area contributed by atoms with Crippen LogP contribution in [0.1, 0.15) is 11.4 Å². The van der Waals surface area contributed by atoms with Crippen LogP contribution >= 0.6 is 0 Å². The van der Waals surface area contributed by atoms with E-state index in [0.717, 1.165) is 5.69 Å². The van der Waals surface area contributed by atoms with Crippen LogP contribution in [0.2, 0.25) is 0 Å². The third-order valence-corrected chi connectivity index (χ3v) is 1.30. The third kappa shape index (κ3) is 1.86. The van der Waals surface area contributed by atoms with Crippen LogP contribution in [0.5, 0.6) is 0 Å². The molecule has 0 radical (unpaired) electrons. The van der Waals surface area contributed by atoms with Crippen LogP contribution in [-0.2, 0) is 11.8 Å². The molecule has 0 unspecified atom stereocenters. The summed E-state index contributed by atoms with van der Waals surface area (Å²) in [5.41, 5.74) is 1.43. The summed E-state index contributed by atoms with van der Waals surface area (Å²) in [4.78, 5) is 10.1. The number of aliphatic carboxylic acids is 1. The predicted molar refractivity (Wildman–Crippen MR) is 42.5 cm³/mol. The average molecular weight is 164 g/mol. The number of rotatable bonds is 0. The lowest BCUT2D eigenvalue weighted by atomic mass is 10.4. The highest BCUT2D eigenvalue weighted by atomic mass is 16.4.